The molecule has 1 N–H and O–H groups in total. The molecule has 1 aromatic carbocycles. The minimum atomic E-state index is -0.574. The van der Waals surface area contributed by atoms with Gasteiger partial charge in [0.05, 0.1) is 10.6 Å². The molecule has 16 heavy (non-hydrogen) atoms. The first-order valence-electron chi connectivity index (χ1n) is 4.95. The predicted molar refractivity (Wildman–Crippen MR) is 66.8 cm³/mol. The summed E-state index contributed by atoms with van der Waals surface area (Å²) in [6, 6.07) is 4.20. The number of unbranched alkanes of at least 4 members (excludes halogenated alkanes) is 1. The van der Waals surface area contributed by atoms with Gasteiger partial charge in [-0.2, -0.15) is 0 Å². The van der Waals surface area contributed by atoms with Crippen molar-refractivity contribution in [1.82, 2.24) is 5.32 Å². The van der Waals surface area contributed by atoms with Gasteiger partial charge in [-0.3, -0.25) is 4.79 Å². The molecule has 0 atom stereocenters. The monoisotopic (exact) mass is 307 g/mol. The fourth-order valence-electron chi connectivity index (χ4n) is 1.20. The highest BCUT2D eigenvalue weighted by molar-refractivity contribution is 9.09. The summed E-state index contributed by atoms with van der Waals surface area (Å²) in [5.41, 5.74) is 0.181. The molecule has 0 bridgehead atoms. The van der Waals surface area contributed by atoms with Crippen molar-refractivity contribution < 1.29 is 9.18 Å². The Kier molecular flexibility index (Phi) is 5.77. The van der Waals surface area contributed by atoms with Crippen LogP contribution in [0.3, 0.4) is 0 Å². The quantitative estimate of drug-likeness (QED) is 0.656. The second kappa shape index (κ2) is 6.86. The number of hydrogen-bond acceptors (Lipinski definition) is 1. The summed E-state index contributed by atoms with van der Waals surface area (Å²) in [7, 11) is 0. The van der Waals surface area contributed by atoms with Crippen molar-refractivity contribution in [2.75, 3.05) is 11.9 Å². The van der Waals surface area contributed by atoms with Crippen LogP contribution < -0.4 is 5.32 Å². The molecule has 1 aromatic rings. The minimum absolute atomic E-state index is 0.125. The lowest BCUT2D eigenvalue weighted by atomic mass is 10.2. The van der Waals surface area contributed by atoms with E-state index in [0.29, 0.717) is 6.54 Å². The van der Waals surface area contributed by atoms with Gasteiger partial charge in [0.15, 0.2) is 0 Å². The van der Waals surface area contributed by atoms with E-state index >= 15 is 0 Å². The number of alkyl halides is 1. The van der Waals surface area contributed by atoms with Gasteiger partial charge < -0.3 is 5.32 Å². The smallest absolute Gasteiger partial charge is 0.252 e. The molecular formula is C11H12BrClFNO. The highest BCUT2D eigenvalue weighted by atomic mass is 79.9. The van der Waals surface area contributed by atoms with E-state index in [2.05, 4.69) is 21.2 Å². The van der Waals surface area contributed by atoms with Gasteiger partial charge in [0.1, 0.15) is 5.82 Å². The molecule has 2 nitrogen and oxygen atoms in total. The standard InChI is InChI=1S/C11H12BrClFNO/c12-6-1-2-7-15-11(16)8-4-3-5-9(14)10(8)13/h3-5H,1-2,6-7H2,(H,15,16). The zero-order valence-corrected chi connectivity index (χ0v) is 10.9. The lowest BCUT2D eigenvalue weighted by Gasteiger charge is -2.06. The molecule has 0 aliphatic heterocycles. The van der Waals surface area contributed by atoms with Crippen molar-refractivity contribution in [2.45, 2.75) is 12.8 Å². The number of carbonyl (C=O) groups is 1. The summed E-state index contributed by atoms with van der Waals surface area (Å²) in [5, 5.41) is 3.47. The Bertz CT molecular complexity index is 373. The SMILES string of the molecule is O=C(NCCCCBr)c1cccc(F)c1Cl. The molecule has 5 heteroatoms. The summed E-state index contributed by atoms with van der Waals surface area (Å²) in [6.45, 7) is 0.567. The van der Waals surface area contributed by atoms with E-state index in [-0.39, 0.29) is 16.5 Å². The number of halogens is 3. The first-order chi connectivity index (χ1) is 7.66. The minimum Gasteiger partial charge on any atom is -0.352 e. The number of hydrogen-bond donors (Lipinski definition) is 1. The van der Waals surface area contributed by atoms with Crippen LogP contribution in [0.4, 0.5) is 4.39 Å². The van der Waals surface area contributed by atoms with Gasteiger partial charge in [-0.25, -0.2) is 4.39 Å². The zero-order valence-electron chi connectivity index (χ0n) is 8.60. The number of rotatable bonds is 5. The zero-order chi connectivity index (χ0) is 12.0. The van der Waals surface area contributed by atoms with Crippen molar-refractivity contribution in [3.63, 3.8) is 0 Å². The Hall–Kier alpha value is -0.610. The molecular weight excluding hydrogens is 296 g/mol. The van der Waals surface area contributed by atoms with Crippen LogP contribution in [0.1, 0.15) is 23.2 Å². The summed E-state index contributed by atoms with van der Waals surface area (Å²) >= 11 is 8.98. The fourth-order valence-corrected chi connectivity index (χ4v) is 1.80. The molecule has 0 aliphatic rings. The van der Waals surface area contributed by atoms with E-state index in [1.807, 2.05) is 0 Å². The molecule has 0 aliphatic carbocycles. The summed E-state index contributed by atoms with van der Waals surface area (Å²) < 4.78 is 13.1. The molecule has 0 saturated carbocycles. The third-order valence-electron chi connectivity index (χ3n) is 2.04. The average Bonchev–Trinajstić information content (AvgIpc) is 2.28. The van der Waals surface area contributed by atoms with Crippen molar-refractivity contribution >= 4 is 33.4 Å². The van der Waals surface area contributed by atoms with Crippen LogP contribution in [-0.4, -0.2) is 17.8 Å². The molecule has 88 valence electrons. The maximum absolute atomic E-state index is 13.1. The second-order valence-corrected chi connectivity index (χ2v) is 4.42. The normalized spacial score (nSPS) is 10.2. The maximum Gasteiger partial charge on any atom is 0.252 e. The molecule has 0 aromatic heterocycles. The summed E-state index contributed by atoms with van der Waals surface area (Å²) in [5.74, 6) is -0.908. The fraction of sp³-hybridized carbons (Fsp3) is 0.364. The largest absolute Gasteiger partial charge is 0.352 e. The van der Waals surface area contributed by atoms with Gasteiger partial charge in [-0.15, -0.1) is 0 Å². The number of nitrogens with one attached hydrogen (secondary N) is 1. The van der Waals surface area contributed by atoms with Crippen molar-refractivity contribution in [3.05, 3.63) is 34.6 Å². The van der Waals surface area contributed by atoms with Gasteiger partial charge >= 0.3 is 0 Å². The first-order valence-corrected chi connectivity index (χ1v) is 6.45. The third-order valence-corrected chi connectivity index (χ3v) is 2.99. The average molecular weight is 309 g/mol. The molecule has 0 heterocycles. The van der Waals surface area contributed by atoms with Crippen LogP contribution in [0.25, 0.3) is 0 Å². The van der Waals surface area contributed by atoms with E-state index in [9.17, 15) is 9.18 Å². The lowest BCUT2D eigenvalue weighted by molar-refractivity contribution is 0.0953. The molecule has 1 rings (SSSR count). The van der Waals surface area contributed by atoms with Gasteiger partial charge in [-0.1, -0.05) is 33.6 Å². The first kappa shape index (κ1) is 13.5. The maximum atomic E-state index is 13.1. The van der Waals surface area contributed by atoms with Gasteiger partial charge in [0, 0.05) is 11.9 Å². The summed E-state index contributed by atoms with van der Waals surface area (Å²) in [6.07, 6.45) is 1.86. The summed E-state index contributed by atoms with van der Waals surface area (Å²) in [4.78, 5) is 11.6. The lowest BCUT2D eigenvalue weighted by Crippen LogP contribution is -2.24. The molecule has 0 spiro atoms. The van der Waals surface area contributed by atoms with Gasteiger partial charge in [0.2, 0.25) is 0 Å². The number of benzene rings is 1. The highest BCUT2D eigenvalue weighted by Crippen LogP contribution is 2.19. The van der Waals surface area contributed by atoms with E-state index in [4.69, 9.17) is 11.6 Å². The van der Waals surface area contributed by atoms with Crippen LogP contribution in [0.2, 0.25) is 5.02 Å². The van der Waals surface area contributed by atoms with Crippen molar-refractivity contribution in [2.24, 2.45) is 0 Å². The molecule has 0 saturated heterocycles. The van der Waals surface area contributed by atoms with Crippen LogP contribution in [0.15, 0.2) is 18.2 Å². The van der Waals surface area contributed by atoms with Crippen molar-refractivity contribution in [3.8, 4) is 0 Å². The van der Waals surface area contributed by atoms with E-state index in [1.165, 1.54) is 18.2 Å². The Labute approximate surface area is 107 Å². The Balaban J connectivity index is 2.56. The van der Waals surface area contributed by atoms with Gasteiger partial charge in [-0.05, 0) is 25.0 Å². The van der Waals surface area contributed by atoms with E-state index < -0.39 is 5.82 Å². The Morgan fingerprint density at radius 2 is 2.19 bits per heavy atom. The van der Waals surface area contributed by atoms with Crippen LogP contribution in [0.5, 0.6) is 0 Å². The molecule has 0 fully saturated rings. The second-order valence-electron chi connectivity index (χ2n) is 3.25. The molecule has 1 amide bonds. The third kappa shape index (κ3) is 3.76. The Morgan fingerprint density at radius 1 is 1.44 bits per heavy atom. The Morgan fingerprint density at radius 3 is 2.88 bits per heavy atom. The molecule has 0 radical (unpaired) electrons. The number of amides is 1. The van der Waals surface area contributed by atoms with Crippen LogP contribution >= 0.6 is 27.5 Å². The van der Waals surface area contributed by atoms with Gasteiger partial charge in [0.25, 0.3) is 5.91 Å². The highest BCUT2D eigenvalue weighted by Gasteiger charge is 2.12. The topological polar surface area (TPSA) is 29.1 Å². The van der Waals surface area contributed by atoms with Crippen LogP contribution in [0, 0.1) is 5.82 Å². The predicted octanol–water partition coefficient (Wildman–Crippen LogP) is 3.38. The van der Waals surface area contributed by atoms with Crippen LogP contribution in [-0.2, 0) is 0 Å². The van der Waals surface area contributed by atoms with Crippen molar-refractivity contribution in [1.29, 1.82) is 0 Å². The van der Waals surface area contributed by atoms with E-state index in [1.54, 1.807) is 0 Å². The molecule has 0 unspecified atom stereocenters. The number of carbonyl (C=O) groups excluding carboxylic acids is 1. The van der Waals surface area contributed by atoms with E-state index in [0.717, 1.165) is 18.2 Å².